The summed E-state index contributed by atoms with van der Waals surface area (Å²) in [7, 11) is 0. The van der Waals surface area contributed by atoms with Crippen LogP contribution in [0, 0.1) is 0 Å². The summed E-state index contributed by atoms with van der Waals surface area (Å²) in [6.45, 7) is 0. The third kappa shape index (κ3) is 7.12. The average molecular weight is 882 g/mol. The van der Waals surface area contributed by atoms with E-state index in [4.69, 9.17) is 9.97 Å². The van der Waals surface area contributed by atoms with E-state index in [9.17, 15) is 0 Å². The number of benzene rings is 10. The molecular formula is C64H43N5. The minimum Gasteiger partial charge on any atom is -0.310 e. The predicted octanol–water partition coefficient (Wildman–Crippen LogP) is 16.8. The quantitative estimate of drug-likeness (QED) is 0.145. The lowest BCUT2D eigenvalue weighted by Crippen LogP contribution is -2.09. The van der Waals surface area contributed by atoms with Crippen LogP contribution in [-0.2, 0) is 0 Å². The van der Waals surface area contributed by atoms with Crippen molar-refractivity contribution >= 4 is 60.7 Å². The molecular weight excluding hydrogens is 839 g/mol. The van der Waals surface area contributed by atoms with Crippen LogP contribution in [0.4, 0.5) is 17.1 Å². The van der Waals surface area contributed by atoms with E-state index in [1.54, 1.807) is 0 Å². The van der Waals surface area contributed by atoms with Gasteiger partial charge < -0.3 is 14.0 Å². The van der Waals surface area contributed by atoms with Gasteiger partial charge in [-0.1, -0.05) is 170 Å². The normalized spacial score (nSPS) is 11.5. The zero-order valence-corrected chi connectivity index (χ0v) is 37.6. The summed E-state index contributed by atoms with van der Waals surface area (Å²) in [4.78, 5) is 12.4. The van der Waals surface area contributed by atoms with Crippen molar-refractivity contribution in [3.05, 3.63) is 261 Å². The highest BCUT2D eigenvalue weighted by Crippen LogP contribution is 2.42. The first-order chi connectivity index (χ1) is 34.2. The number of rotatable bonds is 9. The third-order valence-electron chi connectivity index (χ3n) is 13.3. The first-order valence-electron chi connectivity index (χ1n) is 23.4. The van der Waals surface area contributed by atoms with Crippen molar-refractivity contribution in [2.24, 2.45) is 0 Å². The minimum absolute atomic E-state index is 0.709. The minimum atomic E-state index is 0.709. The number of aromatic nitrogens is 4. The first kappa shape index (κ1) is 40.0. The second-order valence-corrected chi connectivity index (χ2v) is 17.4. The van der Waals surface area contributed by atoms with Gasteiger partial charge in [0.25, 0.3) is 0 Å². The summed E-state index contributed by atoms with van der Waals surface area (Å²) in [6, 6.07) is 92.9. The Bertz CT molecular complexity index is 3820. The molecule has 0 atom stereocenters. The molecule has 0 saturated carbocycles. The van der Waals surface area contributed by atoms with Gasteiger partial charge in [0.05, 0.1) is 33.5 Å². The molecule has 10 aromatic carbocycles. The molecule has 0 bridgehead atoms. The fourth-order valence-electron chi connectivity index (χ4n) is 10.1. The molecule has 13 rings (SSSR count). The van der Waals surface area contributed by atoms with Crippen LogP contribution < -0.4 is 4.90 Å². The fourth-order valence-corrected chi connectivity index (χ4v) is 10.1. The largest absolute Gasteiger partial charge is 0.310 e. The molecule has 0 spiro atoms. The van der Waals surface area contributed by atoms with Crippen LogP contribution in [0.15, 0.2) is 261 Å². The van der Waals surface area contributed by atoms with Crippen LogP contribution in [0.25, 0.3) is 100 Å². The Morgan fingerprint density at radius 1 is 0.261 bits per heavy atom. The van der Waals surface area contributed by atoms with Crippen LogP contribution >= 0.6 is 0 Å². The van der Waals surface area contributed by atoms with Gasteiger partial charge in [0, 0.05) is 66.7 Å². The Labute approximate surface area is 400 Å². The lowest BCUT2D eigenvalue weighted by atomic mass is 10.0. The second kappa shape index (κ2) is 16.8. The van der Waals surface area contributed by atoms with Crippen LogP contribution in [-0.4, -0.2) is 19.1 Å². The molecule has 324 valence electrons. The van der Waals surface area contributed by atoms with Crippen LogP contribution in [0.3, 0.4) is 0 Å². The summed E-state index contributed by atoms with van der Waals surface area (Å²) in [5.41, 5.74) is 17.3. The SMILES string of the molecule is c1ccc(-c2cc(-c3ccc(-c4ccc(-n5c6ccc(N(c7ccccc7)c7ccccc7)cc6c6cc(-n7c8ccccc8c8ccccc87)ccc65)cc4)cc3)nc(-c3ccccc3)n2)cc1. The zero-order valence-electron chi connectivity index (χ0n) is 37.6. The third-order valence-corrected chi connectivity index (χ3v) is 13.3. The Kier molecular flexibility index (Phi) is 9.76. The molecule has 5 heteroatoms. The van der Waals surface area contributed by atoms with E-state index >= 15 is 0 Å². The van der Waals surface area contributed by atoms with E-state index in [0.29, 0.717) is 5.82 Å². The smallest absolute Gasteiger partial charge is 0.160 e. The van der Waals surface area contributed by atoms with E-state index in [-0.39, 0.29) is 0 Å². The summed E-state index contributed by atoms with van der Waals surface area (Å²) in [5, 5.41) is 4.86. The summed E-state index contributed by atoms with van der Waals surface area (Å²) >= 11 is 0. The van der Waals surface area contributed by atoms with Crippen LogP contribution in [0.2, 0.25) is 0 Å². The fraction of sp³-hybridized carbons (Fsp3) is 0. The van der Waals surface area contributed by atoms with Crippen molar-refractivity contribution in [1.29, 1.82) is 0 Å². The number of nitrogens with zero attached hydrogens (tertiary/aromatic N) is 5. The van der Waals surface area contributed by atoms with Gasteiger partial charge >= 0.3 is 0 Å². The van der Waals surface area contributed by atoms with E-state index < -0.39 is 0 Å². The summed E-state index contributed by atoms with van der Waals surface area (Å²) in [6.07, 6.45) is 0. The Balaban J connectivity index is 0.920. The lowest BCUT2D eigenvalue weighted by Gasteiger charge is -2.25. The van der Waals surface area contributed by atoms with Gasteiger partial charge in [0.2, 0.25) is 0 Å². The van der Waals surface area contributed by atoms with Gasteiger partial charge in [-0.15, -0.1) is 0 Å². The Hall–Kier alpha value is -9.32. The molecule has 3 heterocycles. The van der Waals surface area contributed by atoms with Crippen molar-refractivity contribution in [2.45, 2.75) is 0 Å². The van der Waals surface area contributed by atoms with Crippen LogP contribution in [0.1, 0.15) is 0 Å². The summed E-state index contributed by atoms with van der Waals surface area (Å²) < 4.78 is 4.82. The topological polar surface area (TPSA) is 38.9 Å². The number of para-hydroxylation sites is 4. The average Bonchev–Trinajstić information content (AvgIpc) is 3.94. The summed E-state index contributed by atoms with van der Waals surface area (Å²) in [5.74, 6) is 0.709. The molecule has 0 aliphatic heterocycles. The molecule has 69 heavy (non-hydrogen) atoms. The van der Waals surface area contributed by atoms with Gasteiger partial charge in [-0.2, -0.15) is 0 Å². The standard InChI is InChI=1S/C64H43N5/c1-5-17-46(18-6-1)58-43-59(66-64(65-58)48-19-7-2-8-20-48)47-31-29-44(30-32-47)45-33-35-51(36-34-45)68-62-39-37-52(67(49-21-9-3-10-22-49)50-23-11-4-12-24-50)41-56(62)57-42-53(38-40-63(57)68)69-60-27-15-13-25-54(60)55-26-14-16-28-61(55)69/h1-43H. The monoisotopic (exact) mass is 881 g/mol. The van der Waals surface area contributed by atoms with Crippen molar-refractivity contribution in [2.75, 3.05) is 4.90 Å². The maximum Gasteiger partial charge on any atom is 0.160 e. The molecule has 0 saturated heterocycles. The zero-order chi connectivity index (χ0) is 45.7. The molecule has 0 aliphatic carbocycles. The molecule has 13 aromatic rings. The number of fused-ring (bicyclic) bond motifs is 6. The van der Waals surface area contributed by atoms with Gasteiger partial charge in [-0.25, -0.2) is 9.97 Å². The molecule has 0 amide bonds. The molecule has 3 aromatic heterocycles. The van der Waals surface area contributed by atoms with Gasteiger partial charge in [-0.05, 0) is 102 Å². The predicted molar refractivity (Wildman–Crippen MR) is 287 cm³/mol. The van der Waals surface area contributed by atoms with E-state index in [1.807, 2.05) is 36.4 Å². The molecule has 5 nitrogen and oxygen atoms in total. The molecule has 0 N–H and O–H groups in total. The van der Waals surface area contributed by atoms with Crippen molar-refractivity contribution < 1.29 is 0 Å². The highest BCUT2D eigenvalue weighted by Gasteiger charge is 2.20. The highest BCUT2D eigenvalue weighted by atomic mass is 15.1. The first-order valence-corrected chi connectivity index (χ1v) is 23.4. The van der Waals surface area contributed by atoms with Gasteiger partial charge in [0.1, 0.15) is 0 Å². The van der Waals surface area contributed by atoms with E-state index in [2.05, 4.69) is 238 Å². The lowest BCUT2D eigenvalue weighted by molar-refractivity contribution is 1.16. The maximum atomic E-state index is 5.07. The second-order valence-electron chi connectivity index (χ2n) is 17.4. The Morgan fingerprint density at radius 3 is 1.25 bits per heavy atom. The van der Waals surface area contributed by atoms with E-state index in [1.165, 1.54) is 32.6 Å². The Morgan fingerprint density at radius 2 is 0.667 bits per heavy atom. The van der Waals surface area contributed by atoms with Crippen molar-refractivity contribution in [3.63, 3.8) is 0 Å². The number of hydrogen-bond donors (Lipinski definition) is 0. The van der Waals surface area contributed by atoms with Gasteiger partial charge in [-0.3, -0.25) is 0 Å². The van der Waals surface area contributed by atoms with Crippen molar-refractivity contribution in [3.8, 4) is 56.4 Å². The maximum absolute atomic E-state index is 5.07. The van der Waals surface area contributed by atoms with E-state index in [0.717, 1.165) is 78.7 Å². The molecule has 0 radical (unpaired) electrons. The van der Waals surface area contributed by atoms with Crippen molar-refractivity contribution in [1.82, 2.24) is 19.1 Å². The molecule has 0 aliphatic rings. The molecule has 0 unspecified atom stereocenters. The van der Waals surface area contributed by atoms with Crippen LogP contribution in [0.5, 0.6) is 0 Å². The highest BCUT2D eigenvalue weighted by molar-refractivity contribution is 6.13. The number of hydrogen-bond acceptors (Lipinski definition) is 3. The molecule has 0 fully saturated rings. The number of anilines is 3. The van der Waals surface area contributed by atoms with Gasteiger partial charge in [0.15, 0.2) is 5.82 Å².